The van der Waals surface area contributed by atoms with Crippen LogP contribution in [0.1, 0.15) is 62.6 Å². The molecular weight excluding hydrogens is 549 g/mol. The molecule has 2 aromatic rings. The van der Waals surface area contributed by atoms with Crippen LogP contribution in [-0.4, -0.2) is 79.2 Å². The van der Waals surface area contributed by atoms with Gasteiger partial charge < -0.3 is 9.47 Å². The van der Waals surface area contributed by atoms with Crippen LogP contribution in [0, 0.1) is 23.7 Å². The van der Waals surface area contributed by atoms with Crippen molar-refractivity contribution in [3.8, 4) is 0 Å². The largest absolute Gasteiger partial charge is 0.418 e. The normalized spacial score (nSPS) is 27.3. The third-order valence-electron chi connectivity index (χ3n) is 9.65. The van der Waals surface area contributed by atoms with Crippen molar-refractivity contribution in [3.63, 3.8) is 0 Å². The van der Waals surface area contributed by atoms with Crippen molar-refractivity contribution in [2.24, 2.45) is 23.7 Å². The van der Waals surface area contributed by atoms with E-state index in [4.69, 9.17) is 9.47 Å². The van der Waals surface area contributed by atoms with Crippen molar-refractivity contribution in [2.45, 2.75) is 70.4 Å². The first-order valence-electron chi connectivity index (χ1n) is 15.3. The first kappa shape index (κ1) is 31.5. The number of ether oxygens (including phenoxy) is 2. The van der Waals surface area contributed by atoms with Crippen molar-refractivity contribution in [3.05, 3.63) is 40.1 Å². The lowest BCUT2D eigenvalue weighted by atomic mass is 9.71. The third-order valence-corrected chi connectivity index (χ3v) is 9.65. The number of aromatic nitrogens is 2. The van der Waals surface area contributed by atoms with Crippen LogP contribution in [0.4, 0.5) is 13.2 Å². The summed E-state index contributed by atoms with van der Waals surface area (Å²) in [4.78, 5) is 18.2. The fourth-order valence-corrected chi connectivity index (χ4v) is 7.80. The van der Waals surface area contributed by atoms with E-state index < -0.39 is 17.4 Å². The lowest BCUT2D eigenvalue weighted by molar-refractivity contribution is -0.136. The molecule has 12 heteroatoms. The number of hydrazine groups is 1. The minimum absolute atomic E-state index is 0.0470. The molecular formula is C30H47F3N6O3. The molecule has 3 unspecified atom stereocenters. The van der Waals surface area contributed by atoms with E-state index in [9.17, 15) is 18.0 Å². The van der Waals surface area contributed by atoms with Crippen LogP contribution in [0.5, 0.6) is 0 Å². The number of pyridine rings is 1. The third kappa shape index (κ3) is 6.73. The molecule has 1 saturated carbocycles. The van der Waals surface area contributed by atoms with Crippen molar-refractivity contribution in [1.82, 2.24) is 29.6 Å². The van der Waals surface area contributed by atoms with Gasteiger partial charge in [0.25, 0.3) is 0 Å². The molecule has 2 aromatic heterocycles. The van der Waals surface area contributed by atoms with E-state index in [1.54, 1.807) is 25.0 Å². The predicted octanol–water partition coefficient (Wildman–Crippen LogP) is 3.93. The molecule has 0 aromatic carbocycles. The summed E-state index contributed by atoms with van der Waals surface area (Å²) in [6, 6.07) is 1.06. The highest BCUT2D eigenvalue weighted by atomic mass is 19.4. The second-order valence-electron chi connectivity index (χ2n) is 12.8. The Morgan fingerprint density at radius 3 is 2.50 bits per heavy atom. The number of imidazole rings is 1. The average molecular weight is 597 g/mol. The standard InChI is InChI=1S/C30H47F3N6O3/c1-20-7-6-10-37(13-20)14-21-11-25(30(31,32)33)26-16-38(29(40)39(26)15-21)24-9-5-8-22(12-24)27(23(17-41-3)18-42-4)28-35-34-19-36(28)2/h11,15-16,20,22-24,27-28,34-35H,5-10,12-14,17-19H2,1-4H3/t20-,22?,24?,27+,28?/m0/s1. The maximum Gasteiger partial charge on any atom is 0.418 e. The quantitative estimate of drug-likeness (QED) is 0.431. The van der Waals surface area contributed by atoms with Gasteiger partial charge in [-0.2, -0.15) is 13.2 Å². The Labute approximate surface area is 246 Å². The van der Waals surface area contributed by atoms with Crippen LogP contribution < -0.4 is 16.5 Å². The van der Waals surface area contributed by atoms with Crippen LogP contribution in [-0.2, 0) is 22.2 Å². The van der Waals surface area contributed by atoms with Gasteiger partial charge in [-0.15, -0.1) is 0 Å². The van der Waals surface area contributed by atoms with Crippen molar-refractivity contribution in [1.29, 1.82) is 0 Å². The molecule has 3 fully saturated rings. The zero-order chi connectivity index (χ0) is 30.0. The molecule has 0 radical (unpaired) electrons. The van der Waals surface area contributed by atoms with Gasteiger partial charge in [0, 0.05) is 51.7 Å². The summed E-state index contributed by atoms with van der Waals surface area (Å²) in [5.74, 6) is 1.02. The highest BCUT2D eigenvalue weighted by Gasteiger charge is 2.42. The van der Waals surface area contributed by atoms with Crippen LogP contribution in [0.3, 0.4) is 0 Å². The fraction of sp³-hybridized carbons (Fsp3) is 0.767. The van der Waals surface area contributed by atoms with Crippen molar-refractivity contribution in [2.75, 3.05) is 54.2 Å². The van der Waals surface area contributed by atoms with E-state index in [-0.39, 0.29) is 35.5 Å². The monoisotopic (exact) mass is 596 g/mol. The number of nitrogens with zero attached hydrogens (tertiary/aromatic N) is 4. The number of rotatable bonds is 10. The number of hydrogen-bond donors (Lipinski definition) is 2. The maximum absolute atomic E-state index is 14.4. The zero-order valence-electron chi connectivity index (χ0n) is 25.3. The Bertz CT molecular complexity index is 1240. The van der Waals surface area contributed by atoms with Gasteiger partial charge in [-0.25, -0.2) is 15.6 Å². The lowest BCUT2D eigenvalue weighted by Crippen LogP contribution is -2.50. The van der Waals surface area contributed by atoms with Crippen LogP contribution >= 0.6 is 0 Å². The van der Waals surface area contributed by atoms with Gasteiger partial charge in [-0.1, -0.05) is 13.3 Å². The van der Waals surface area contributed by atoms with Crippen LogP contribution in [0.25, 0.3) is 5.52 Å². The number of piperidine rings is 1. The summed E-state index contributed by atoms with van der Waals surface area (Å²) in [5, 5.41) is 0. The number of likely N-dealkylation sites (tertiary alicyclic amines) is 1. The van der Waals surface area contributed by atoms with Crippen LogP contribution in [0.15, 0.2) is 23.3 Å². The maximum atomic E-state index is 14.4. The summed E-state index contributed by atoms with van der Waals surface area (Å²) >= 11 is 0. The van der Waals surface area contributed by atoms with Gasteiger partial charge in [0.05, 0.1) is 37.1 Å². The predicted molar refractivity (Wildman–Crippen MR) is 155 cm³/mol. The zero-order valence-corrected chi connectivity index (χ0v) is 25.3. The molecule has 9 nitrogen and oxygen atoms in total. The average Bonchev–Trinajstić information content (AvgIpc) is 3.51. The Morgan fingerprint density at radius 2 is 1.86 bits per heavy atom. The lowest BCUT2D eigenvalue weighted by Gasteiger charge is -2.42. The Hall–Kier alpha value is -1.96. The van der Waals surface area contributed by atoms with E-state index in [1.165, 1.54) is 16.7 Å². The van der Waals surface area contributed by atoms with Gasteiger partial charge in [0.1, 0.15) is 0 Å². The highest BCUT2D eigenvalue weighted by Crippen LogP contribution is 2.42. The summed E-state index contributed by atoms with van der Waals surface area (Å²) in [5.41, 5.74) is 5.97. The number of methoxy groups -OCH3 is 2. The summed E-state index contributed by atoms with van der Waals surface area (Å²) in [7, 11) is 5.45. The smallest absolute Gasteiger partial charge is 0.384 e. The molecule has 4 heterocycles. The molecule has 0 spiro atoms. The van der Waals surface area contributed by atoms with E-state index in [0.717, 1.165) is 45.2 Å². The molecule has 0 bridgehead atoms. The van der Waals surface area contributed by atoms with E-state index in [2.05, 4.69) is 34.6 Å². The number of alkyl halides is 3. The molecule has 5 rings (SSSR count). The second-order valence-corrected chi connectivity index (χ2v) is 12.8. The van der Waals surface area contributed by atoms with Crippen molar-refractivity contribution < 1.29 is 22.6 Å². The summed E-state index contributed by atoms with van der Waals surface area (Å²) in [6.45, 7) is 6.07. The van der Waals surface area contributed by atoms with Crippen LogP contribution in [0.2, 0.25) is 0 Å². The van der Waals surface area contributed by atoms with E-state index in [0.29, 0.717) is 44.3 Å². The number of halogens is 3. The first-order valence-corrected chi connectivity index (χ1v) is 15.3. The van der Waals surface area contributed by atoms with Gasteiger partial charge in [-0.05, 0) is 75.1 Å². The SMILES string of the molecule is COCC(COC)[C@@H](C1CCCC(n2cc3c(C(F)(F)F)cc(CN4CCC[C@H](C)C4)cn3c2=O)C1)C1NNCN1C. The number of nitrogens with one attached hydrogen (secondary N) is 2. The Kier molecular flexibility index (Phi) is 10.0. The Balaban J connectivity index is 1.47. The second kappa shape index (κ2) is 13.4. The molecule has 3 aliphatic rings. The molecule has 5 atom stereocenters. The summed E-state index contributed by atoms with van der Waals surface area (Å²) < 4.78 is 57.1. The van der Waals surface area contributed by atoms with E-state index in [1.807, 2.05) is 0 Å². The van der Waals surface area contributed by atoms with Gasteiger partial charge in [0.15, 0.2) is 0 Å². The number of hydrogen-bond acceptors (Lipinski definition) is 7. The fourth-order valence-electron chi connectivity index (χ4n) is 7.80. The van der Waals surface area contributed by atoms with Crippen molar-refractivity contribution >= 4 is 5.52 Å². The molecule has 0 amide bonds. The molecule has 2 saturated heterocycles. The molecule has 2 N–H and O–H groups in total. The molecule has 42 heavy (non-hydrogen) atoms. The molecule has 2 aliphatic heterocycles. The minimum Gasteiger partial charge on any atom is -0.384 e. The van der Waals surface area contributed by atoms with Gasteiger partial charge >= 0.3 is 11.9 Å². The van der Waals surface area contributed by atoms with E-state index >= 15 is 0 Å². The summed E-state index contributed by atoms with van der Waals surface area (Å²) in [6.07, 6.45) is 4.06. The van der Waals surface area contributed by atoms with Gasteiger partial charge in [-0.3, -0.25) is 18.8 Å². The first-order chi connectivity index (χ1) is 20.1. The molecule has 236 valence electrons. The minimum atomic E-state index is -4.56. The molecule has 1 aliphatic carbocycles. The highest BCUT2D eigenvalue weighted by molar-refractivity contribution is 5.56. The Morgan fingerprint density at radius 1 is 1.10 bits per heavy atom. The topological polar surface area (TPSA) is 75.4 Å². The van der Waals surface area contributed by atoms with Gasteiger partial charge in [0.2, 0.25) is 0 Å². The number of fused-ring (bicyclic) bond motifs is 1.